The molecule has 0 rings (SSSR count). The Kier molecular flexibility index (Phi) is 14.9. The van der Waals surface area contributed by atoms with Gasteiger partial charge in [-0.1, -0.05) is 58.8 Å². The summed E-state index contributed by atoms with van der Waals surface area (Å²) in [6.07, 6.45) is 10.3. The van der Waals surface area contributed by atoms with Crippen molar-refractivity contribution in [3.8, 4) is 0 Å². The van der Waals surface area contributed by atoms with E-state index in [2.05, 4.69) is 13.8 Å². The molecular weight excluding hydrogens is 256 g/mol. The van der Waals surface area contributed by atoms with Crippen LogP contribution >= 0.6 is 0 Å². The summed E-state index contributed by atoms with van der Waals surface area (Å²) in [4.78, 5) is 0. The predicted octanol–water partition coefficient (Wildman–Crippen LogP) is 2.42. The average molecular weight is 282 g/mol. The van der Waals surface area contributed by atoms with Crippen molar-refractivity contribution in [3.63, 3.8) is 0 Å². The molecule has 1 unspecified atom stereocenters. The molecule has 0 aromatic rings. The van der Waals surface area contributed by atoms with Crippen LogP contribution in [-0.2, 0) is 10.4 Å². The molecule has 0 radical (unpaired) electrons. The lowest BCUT2D eigenvalue weighted by molar-refractivity contribution is 0.281. The fourth-order valence-corrected chi connectivity index (χ4v) is 1.66. The SMILES string of the molecule is CCCCC(C)CCCCCCO.O=S(=O)([O-])[O-]. The van der Waals surface area contributed by atoms with E-state index in [4.69, 9.17) is 22.6 Å². The number of aliphatic hydroxyl groups is 1. The summed E-state index contributed by atoms with van der Waals surface area (Å²) in [5.41, 5.74) is 0. The Morgan fingerprint density at radius 3 is 1.89 bits per heavy atom. The van der Waals surface area contributed by atoms with Crippen LogP contribution in [0.3, 0.4) is 0 Å². The lowest BCUT2D eigenvalue weighted by Crippen LogP contribution is -1.94. The van der Waals surface area contributed by atoms with Gasteiger partial charge in [-0.3, -0.25) is 8.42 Å². The van der Waals surface area contributed by atoms with Crippen LogP contribution in [0.15, 0.2) is 0 Å². The normalized spacial score (nSPS) is 12.7. The first-order chi connectivity index (χ1) is 8.31. The minimum Gasteiger partial charge on any atom is -0.759 e. The third-order valence-electron chi connectivity index (χ3n) is 2.66. The number of rotatable bonds is 9. The second kappa shape index (κ2) is 13.3. The molecule has 0 saturated heterocycles. The van der Waals surface area contributed by atoms with E-state index in [9.17, 15) is 0 Å². The Morgan fingerprint density at radius 2 is 1.44 bits per heavy atom. The van der Waals surface area contributed by atoms with Crippen molar-refractivity contribution in [2.24, 2.45) is 5.92 Å². The summed E-state index contributed by atoms with van der Waals surface area (Å²) in [5, 5.41) is 8.59. The highest BCUT2D eigenvalue weighted by Crippen LogP contribution is 2.15. The molecule has 0 aliphatic heterocycles. The molecule has 0 amide bonds. The van der Waals surface area contributed by atoms with Gasteiger partial charge in [-0.2, -0.15) is 0 Å². The molecule has 0 aliphatic carbocycles. The lowest BCUT2D eigenvalue weighted by Gasteiger charge is -2.09. The van der Waals surface area contributed by atoms with E-state index in [1.165, 1.54) is 44.9 Å². The van der Waals surface area contributed by atoms with Gasteiger partial charge in [0.25, 0.3) is 0 Å². The third-order valence-corrected chi connectivity index (χ3v) is 2.66. The highest BCUT2D eigenvalue weighted by Gasteiger charge is 2.00. The maximum absolute atomic E-state index is 8.59. The molecule has 0 aromatic heterocycles. The van der Waals surface area contributed by atoms with Gasteiger partial charge >= 0.3 is 0 Å². The van der Waals surface area contributed by atoms with E-state index < -0.39 is 10.4 Å². The van der Waals surface area contributed by atoms with Gasteiger partial charge in [-0.05, 0) is 12.3 Å². The van der Waals surface area contributed by atoms with Gasteiger partial charge in [0.1, 0.15) is 0 Å². The maximum atomic E-state index is 8.59. The number of hydrogen-bond acceptors (Lipinski definition) is 5. The molecule has 5 nitrogen and oxygen atoms in total. The molecule has 0 bridgehead atoms. The van der Waals surface area contributed by atoms with Crippen LogP contribution in [0.4, 0.5) is 0 Å². The molecule has 18 heavy (non-hydrogen) atoms. The van der Waals surface area contributed by atoms with Crippen LogP contribution in [0.5, 0.6) is 0 Å². The van der Waals surface area contributed by atoms with Crippen molar-refractivity contribution in [1.82, 2.24) is 0 Å². The first-order valence-corrected chi connectivity index (χ1v) is 7.92. The van der Waals surface area contributed by atoms with Crippen molar-refractivity contribution in [2.75, 3.05) is 6.61 Å². The molecule has 1 N–H and O–H groups in total. The average Bonchev–Trinajstić information content (AvgIpc) is 2.24. The monoisotopic (exact) mass is 282 g/mol. The maximum Gasteiger partial charge on any atom is 0.0431 e. The minimum atomic E-state index is -5.17. The summed E-state index contributed by atoms with van der Waals surface area (Å²) < 4.78 is 34.1. The summed E-state index contributed by atoms with van der Waals surface area (Å²) >= 11 is 0. The molecule has 0 spiro atoms. The zero-order chi connectivity index (χ0) is 14.4. The lowest BCUT2D eigenvalue weighted by atomic mass is 9.97. The van der Waals surface area contributed by atoms with E-state index >= 15 is 0 Å². The van der Waals surface area contributed by atoms with Gasteiger partial charge in [0.15, 0.2) is 0 Å². The van der Waals surface area contributed by atoms with Gasteiger partial charge in [-0.25, -0.2) is 0 Å². The fourth-order valence-electron chi connectivity index (χ4n) is 1.66. The molecule has 0 aromatic carbocycles. The van der Waals surface area contributed by atoms with Crippen molar-refractivity contribution in [2.45, 2.75) is 65.2 Å². The van der Waals surface area contributed by atoms with Crippen molar-refractivity contribution in [1.29, 1.82) is 0 Å². The van der Waals surface area contributed by atoms with Gasteiger partial charge in [0.05, 0.1) is 0 Å². The molecule has 112 valence electrons. The van der Waals surface area contributed by atoms with Crippen LogP contribution in [0.25, 0.3) is 0 Å². The van der Waals surface area contributed by atoms with Gasteiger partial charge in [0, 0.05) is 17.0 Å². The van der Waals surface area contributed by atoms with Crippen LogP contribution in [0.2, 0.25) is 0 Å². The Bertz CT molecular complexity index is 243. The topological polar surface area (TPSA) is 100 Å². The van der Waals surface area contributed by atoms with E-state index in [1.54, 1.807) is 0 Å². The van der Waals surface area contributed by atoms with Gasteiger partial charge in [-0.15, -0.1) is 0 Å². The Balaban J connectivity index is 0. The summed E-state index contributed by atoms with van der Waals surface area (Å²) in [7, 11) is -5.17. The van der Waals surface area contributed by atoms with E-state index in [1.807, 2.05) is 0 Å². The zero-order valence-corrected chi connectivity index (χ0v) is 12.2. The largest absolute Gasteiger partial charge is 0.759 e. The molecular formula is C12H26O5S-2. The number of unbranched alkanes of at least 4 members (excludes halogenated alkanes) is 4. The fraction of sp³-hybridized carbons (Fsp3) is 1.00. The highest BCUT2D eigenvalue weighted by molar-refractivity contribution is 7.79. The zero-order valence-electron chi connectivity index (χ0n) is 11.4. The second-order valence-electron chi connectivity index (χ2n) is 4.58. The Morgan fingerprint density at radius 1 is 1.00 bits per heavy atom. The summed E-state index contributed by atoms with van der Waals surface area (Å²) in [6.45, 7) is 4.99. The first-order valence-electron chi connectivity index (χ1n) is 6.58. The molecule has 1 atom stereocenters. The molecule has 6 heteroatoms. The van der Waals surface area contributed by atoms with E-state index in [-0.39, 0.29) is 0 Å². The molecule has 0 saturated carbocycles. The van der Waals surface area contributed by atoms with Crippen LogP contribution in [-0.4, -0.2) is 29.2 Å². The predicted molar refractivity (Wildman–Crippen MR) is 69.3 cm³/mol. The van der Waals surface area contributed by atoms with E-state index in [0.717, 1.165) is 12.3 Å². The van der Waals surface area contributed by atoms with Crippen LogP contribution < -0.4 is 0 Å². The molecule has 0 heterocycles. The van der Waals surface area contributed by atoms with Gasteiger partial charge in [0.2, 0.25) is 0 Å². The summed E-state index contributed by atoms with van der Waals surface area (Å²) in [5.74, 6) is 0.911. The number of hydrogen-bond donors (Lipinski definition) is 1. The quantitative estimate of drug-likeness (QED) is 0.397. The van der Waals surface area contributed by atoms with Gasteiger partial charge < -0.3 is 14.2 Å². The smallest absolute Gasteiger partial charge is 0.0431 e. The van der Waals surface area contributed by atoms with Crippen LogP contribution in [0, 0.1) is 5.92 Å². The first kappa shape index (κ1) is 20.2. The standard InChI is InChI=1S/C12H26O.H2O4S/c1-3-4-9-12(2)10-7-5-6-8-11-13;1-5(2,3)4/h12-13H,3-11H2,1-2H3;(H2,1,2,3,4)/p-2. The van der Waals surface area contributed by atoms with Crippen molar-refractivity contribution >= 4 is 10.4 Å². The summed E-state index contributed by atoms with van der Waals surface area (Å²) in [6, 6.07) is 0. The molecule has 0 aliphatic rings. The molecule has 0 fully saturated rings. The highest BCUT2D eigenvalue weighted by atomic mass is 32.3. The third kappa shape index (κ3) is 29.7. The Labute approximate surface area is 111 Å². The van der Waals surface area contributed by atoms with Crippen molar-refractivity contribution < 1.29 is 22.6 Å². The van der Waals surface area contributed by atoms with Crippen LogP contribution in [0.1, 0.15) is 65.2 Å². The Hall–Kier alpha value is -0.170. The van der Waals surface area contributed by atoms with Crippen molar-refractivity contribution in [3.05, 3.63) is 0 Å². The second-order valence-corrected chi connectivity index (χ2v) is 5.40. The van der Waals surface area contributed by atoms with E-state index in [0.29, 0.717) is 6.61 Å². The minimum absolute atomic E-state index is 0.366. The number of aliphatic hydroxyl groups excluding tert-OH is 1.